The molecule has 2 aromatic carbocycles. The first-order valence-corrected chi connectivity index (χ1v) is 9.60. The predicted octanol–water partition coefficient (Wildman–Crippen LogP) is 7.29. The molecule has 0 saturated heterocycles. The summed E-state index contributed by atoms with van der Waals surface area (Å²) in [6.07, 6.45) is 0. The normalized spacial score (nSPS) is 10.9. The van der Waals surface area contributed by atoms with E-state index in [2.05, 4.69) is 0 Å². The molecule has 0 amide bonds. The van der Waals surface area contributed by atoms with Gasteiger partial charge in [0.15, 0.2) is 23.1 Å². The molecule has 0 unspecified atom stereocenters. The molecule has 2 aromatic rings. The lowest BCUT2D eigenvalue weighted by molar-refractivity contribution is 0.412. The van der Waals surface area contributed by atoms with E-state index in [1.54, 1.807) is 0 Å². The van der Waals surface area contributed by atoms with Gasteiger partial charge in [-0.25, -0.2) is 8.78 Å². The van der Waals surface area contributed by atoms with Gasteiger partial charge < -0.3 is 4.74 Å². The van der Waals surface area contributed by atoms with Gasteiger partial charge in [0.2, 0.25) is 0 Å². The molecule has 2 rings (SSSR count). The van der Waals surface area contributed by atoms with Crippen LogP contribution < -0.4 is 4.74 Å². The van der Waals surface area contributed by atoms with E-state index in [4.69, 9.17) is 27.9 Å². The van der Waals surface area contributed by atoms with Gasteiger partial charge in [0.05, 0.1) is 10.0 Å². The SMILES string of the molecule is CCSc1cc(Oc2cc(SCC)c(Cl)cc2F)c(F)cc1Cl. The van der Waals surface area contributed by atoms with Crippen molar-refractivity contribution in [2.75, 3.05) is 11.5 Å². The highest BCUT2D eigenvalue weighted by Crippen LogP contribution is 2.38. The fraction of sp³-hybridized carbons (Fsp3) is 0.250. The molecule has 1 nitrogen and oxygen atoms in total. The molecule has 0 saturated carbocycles. The van der Waals surface area contributed by atoms with Crippen LogP contribution in [0.5, 0.6) is 11.5 Å². The van der Waals surface area contributed by atoms with Gasteiger partial charge in [0.25, 0.3) is 0 Å². The number of halogens is 4. The fourth-order valence-corrected chi connectivity index (χ4v) is 3.85. The highest BCUT2D eigenvalue weighted by atomic mass is 35.5. The Morgan fingerprint density at radius 1 is 0.826 bits per heavy atom. The lowest BCUT2D eigenvalue weighted by atomic mass is 10.3. The molecule has 124 valence electrons. The van der Waals surface area contributed by atoms with Crippen molar-refractivity contribution in [2.24, 2.45) is 0 Å². The van der Waals surface area contributed by atoms with E-state index >= 15 is 0 Å². The van der Waals surface area contributed by atoms with Gasteiger partial charge in [-0.1, -0.05) is 37.0 Å². The van der Waals surface area contributed by atoms with E-state index in [-0.39, 0.29) is 11.5 Å². The molecule has 7 heteroatoms. The molecular formula is C16H14Cl2F2OS2. The maximum atomic E-state index is 14.0. The quantitative estimate of drug-likeness (QED) is 0.476. The number of hydrogen-bond donors (Lipinski definition) is 0. The van der Waals surface area contributed by atoms with E-state index in [0.717, 1.165) is 11.5 Å². The minimum atomic E-state index is -0.644. The summed E-state index contributed by atoms with van der Waals surface area (Å²) in [6, 6.07) is 5.30. The summed E-state index contributed by atoms with van der Waals surface area (Å²) in [4.78, 5) is 1.37. The van der Waals surface area contributed by atoms with Crippen molar-refractivity contribution in [2.45, 2.75) is 23.6 Å². The van der Waals surface area contributed by atoms with Crippen LogP contribution in [-0.4, -0.2) is 11.5 Å². The Bertz CT molecular complexity index is 651. The van der Waals surface area contributed by atoms with Crippen molar-refractivity contribution in [1.82, 2.24) is 0 Å². The van der Waals surface area contributed by atoms with Crippen LogP contribution in [0.25, 0.3) is 0 Å². The van der Waals surface area contributed by atoms with E-state index in [9.17, 15) is 8.78 Å². The first-order chi connectivity index (χ1) is 11.0. The van der Waals surface area contributed by atoms with E-state index in [1.807, 2.05) is 13.8 Å². The maximum absolute atomic E-state index is 14.0. The summed E-state index contributed by atoms with van der Waals surface area (Å²) in [7, 11) is 0. The van der Waals surface area contributed by atoms with Crippen LogP contribution in [0.2, 0.25) is 10.0 Å². The van der Waals surface area contributed by atoms with Crippen LogP contribution >= 0.6 is 46.7 Å². The standard InChI is InChI=1S/C16H14Cl2F2OS2/c1-3-22-15-7-13(11(19)5-9(15)17)21-14-8-16(23-4-2)10(18)6-12(14)20/h5-8H,3-4H2,1-2H3. The molecule has 0 aliphatic heterocycles. The second kappa shape index (κ2) is 8.47. The summed E-state index contributed by atoms with van der Waals surface area (Å²) >= 11 is 14.9. The van der Waals surface area contributed by atoms with Crippen molar-refractivity contribution >= 4 is 46.7 Å². The minimum absolute atomic E-state index is 0.0704. The van der Waals surface area contributed by atoms with Crippen molar-refractivity contribution in [3.05, 3.63) is 45.9 Å². The summed E-state index contributed by atoms with van der Waals surface area (Å²) in [5.41, 5.74) is 0. The van der Waals surface area contributed by atoms with Crippen molar-refractivity contribution in [3.63, 3.8) is 0 Å². The van der Waals surface area contributed by atoms with Gasteiger partial charge >= 0.3 is 0 Å². The Kier molecular flexibility index (Phi) is 6.89. The van der Waals surface area contributed by atoms with Crippen LogP contribution in [0.4, 0.5) is 8.78 Å². The molecule has 0 atom stereocenters. The Labute approximate surface area is 152 Å². The van der Waals surface area contributed by atoms with Gasteiger partial charge in [0.1, 0.15) is 0 Å². The number of ether oxygens (including phenoxy) is 1. The van der Waals surface area contributed by atoms with E-state index < -0.39 is 11.6 Å². The Hall–Kier alpha value is -0.620. The molecule has 0 radical (unpaired) electrons. The minimum Gasteiger partial charge on any atom is -0.451 e. The van der Waals surface area contributed by atoms with Crippen LogP contribution in [0.3, 0.4) is 0 Å². The monoisotopic (exact) mass is 394 g/mol. The van der Waals surface area contributed by atoms with Gasteiger partial charge in [-0.2, -0.15) is 0 Å². The zero-order valence-corrected chi connectivity index (χ0v) is 15.6. The second-order valence-corrected chi connectivity index (χ2v) is 7.82. The highest BCUT2D eigenvalue weighted by Gasteiger charge is 2.15. The molecule has 0 aliphatic rings. The molecule has 23 heavy (non-hydrogen) atoms. The first-order valence-electron chi connectivity index (χ1n) is 6.87. The molecule has 0 N–H and O–H groups in total. The van der Waals surface area contributed by atoms with Crippen molar-refractivity contribution in [3.8, 4) is 11.5 Å². The summed E-state index contributed by atoms with van der Waals surface area (Å²) < 4.78 is 33.5. The van der Waals surface area contributed by atoms with E-state index in [1.165, 1.54) is 47.8 Å². The fourth-order valence-electron chi connectivity index (χ4n) is 1.83. The van der Waals surface area contributed by atoms with Crippen LogP contribution in [0.15, 0.2) is 34.1 Å². The van der Waals surface area contributed by atoms with Crippen LogP contribution in [0, 0.1) is 11.6 Å². The Balaban J connectivity index is 2.38. The smallest absolute Gasteiger partial charge is 0.167 e. The molecule has 0 spiro atoms. The molecular weight excluding hydrogens is 381 g/mol. The van der Waals surface area contributed by atoms with Gasteiger partial charge in [-0.15, -0.1) is 23.5 Å². The number of benzene rings is 2. The maximum Gasteiger partial charge on any atom is 0.167 e. The number of hydrogen-bond acceptors (Lipinski definition) is 3. The lowest BCUT2D eigenvalue weighted by Gasteiger charge is -2.12. The number of thioether (sulfide) groups is 2. The second-order valence-electron chi connectivity index (χ2n) is 4.39. The van der Waals surface area contributed by atoms with Gasteiger partial charge in [-0.3, -0.25) is 0 Å². The molecule has 0 fully saturated rings. The van der Waals surface area contributed by atoms with Crippen LogP contribution in [0.1, 0.15) is 13.8 Å². The summed E-state index contributed by atoms with van der Waals surface area (Å²) in [5.74, 6) is 0.122. The molecule has 0 heterocycles. The van der Waals surface area contributed by atoms with E-state index in [0.29, 0.717) is 19.8 Å². The zero-order valence-electron chi connectivity index (χ0n) is 12.5. The highest BCUT2D eigenvalue weighted by molar-refractivity contribution is 7.99. The predicted molar refractivity (Wildman–Crippen MR) is 95.7 cm³/mol. The van der Waals surface area contributed by atoms with Gasteiger partial charge in [-0.05, 0) is 35.8 Å². The Morgan fingerprint density at radius 2 is 1.22 bits per heavy atom. The average molecular weight is 395 g/mol. The number of rotatable bonds is 6. The molecule has 0 bridgehead atoms. The third kappa shape index (κ3) is 4.69. The summed E-state index contributed by atoms with van der Waals surface area (Å²) in [5, 5.41) is 0.612. The van der Waals surface area contributed by atoms with Crippen molar-refractivity contribution in [1.29, 1.82) is 0 Å². The summed E-state index contributed by atoms with van der Waals surface area (Å²) in [6.45, 7) is 3.91. The largest absolute Gasteiger partial charge is 0.451 e. The van der Waals surface area contributed by atoms with Gasteiger partial charge in [0, 0.05) is 9.79 Å². The average Bonchev–Trinajstić information content (AvgIpc) is 2.49. The first kappa shape index (κ1) is 18.7. The molecule has 0 aromatic heterocycles. The third-order valence-electron chi connectivity index (χ3n) is 2.79. The Morgan fingerprint density at radius 3 is 1.57 bits per heavy atom. The lowest BCUT2D eigenvalue weighted by Crippen LogP contribution is -1.94. The van der Waals surface area contributed by atoms with Crippen molar-refractivity contribution < 1.29 is 13.5 Å². The van der Waals surface area contributed by atoms with Crippen LogP contribution in [-0.2, 0) is 0 Å². The topological polar surface area (TPSA) is 9.23 Å². The zero-order chi connectivity index (χ0) is 17.0. The third-order valence-corrected chi connectivity index (χ3v) is 5.52. The molecule has 0 aliphatic carbocycles.